The maximum atomic E-state index is 12.6. The Labute approximate surface area is 226 Å². The molecule has 3 aromatic rings. The number of hydrogen-bond donors (Lipinski definition) is 4. The van der Waals surface area contributed by atoms with Gasteiger partial charge < -0.3 is 15.7 Å². The molecule has 0 radical (unpaired) electrons. The van der Waals surface area contributed by atoms with Gasteiger partial charge in [0.05, 0.1) is 0 Å². The number of carbonyl (C=O) groups excluding carboxylic acids is 3. The second-order valence-corrected chi connectivity index (χ2v) is 8.69. The number of aliphatic hydroxyl groups is 1. The number of aromatic nitrogens is 1. The van der Waals surface area contributed by atoms with Gasteiger partial charge in [0.1, 0.15) is 23.3 Å². The van der Waals surface area contributed by atoms with Crippen LogP contribution in [-0.2, 0) is 16.0 Å². The standard InChI is InChI=1S/C29H28N6O4/c1-20(34-35-30)28(26(37)19-36)33-29(39)24-11-7-22(8-12-24)5-6-23-9-13-25(14-10-23)32-27(38)4-2-3-21-15-17-31-18-16-21/h7-18,20,28,30,36H,2-4,19H2,1H3,(H-,32,33,38,39)/p+1/t20-,28+/m1/s1. The second-order valence-electron chi connectivity index (χ2n) is 8.69. The number of ketones is 1. The molecular weight excluding hydrogens is 496 g/mol. The van der Waals surface area contributed by atoms with E-state index >= 15 is 0 Å². The van der Waals surface area contributed by atoms with E-state index in [0.29, 0.717) is 23.2 Å². The summed E-state index contributed by atoms with van der Waals surface area (Å²) in [6.45, 7) is 0.749. The van der Waals surface area contributed by atoms with Crippen molar-refractivity contribution in [3.8, 4) is 11.8 Å². The van der Waals surface area contributed by atoms with Gasteiger partial charge in [-0.1, -0.05) is 11.8 Å². The van der Waals surface area contributed by atoms with Crippen LogP contribution in [0.5, 0.6) is 0 Å². The molecule has 0 fully saturated rings. The number of aliphatic hydroxyl groups excluding tert-OH is 1. The average Bonchev–Trinajstić information content (AvgIpc) is 2.96. The van der Waals surface area contributed by atoms with E-state index in [-0.39, 0.29) is 5.91 Å². The molecule has 2 aromatic carbocycles. The van der Waals surface area contributed by atoms with Crippen molar-refractivity contribution >= 4 is 23.3 Å². The summed E-state index contributed by atoms with van der Waals surface area (Å²) in [6, 6.07) is 15.7. The molecule has 0 saturated carbocycles. The van der Waals surface area contributed by atoms with Crippen LogP contribution in [0.3, 0.4) is 0 Å². The number of aryl methyl sites for hydroxylation is 1. The SMILES string of the molecule is C[C@@H](N=[N+]=N)[C@H](NC(=O)c1ccc(C#Cc2ccc(NC(=O)CCCc3ccncc3)cc2)cc1)C(=O)CO. The van der Waals surface area contributed by atoms with Crippen LogP contribution in [0.1, 0.15) is 46.8 Å². The molecule has 0 saturated heterocycles. The van der Waals surface area contributed by atoms with E-state index in [0.717, 1.165) is 24.0 Å². The van der Waals surface area contributed by atoms with Crippen LogP contribution in [0.25, 0.3) is 0 Å². The van der Waals surface area contributed by atoms with E-state index in [4.69, 9.17) is 10.6 Å². The third kappa shape index (κ3) is 9.13. The second kappa shape index (κ2) is 14.7. The van der Waals surface area contributed by atoms with E-state index in [9.17, 15) is 14.4 Å². The van der Waals surface area contributed by atoms with Crippen LogP contribution in [0.2, 0.25) is 0 Å². The molecule has 39 heavy (non-hydrogen) atoms. The molecule has 4 N–H and O–H groups in total. The highest BCUT2D eigenvalue weighted by Crippen LogP contribution is 2.12. The van der Waals surface area contributed by atoms with Crippen molar-refractivity contribution in [3.05, 3.63) is 95.3 Å². The maximum Gasteiger partial charge on any atom is 0.251 e. The molecule has 0 unspecified atom stereocenters. The molecule has 1 aromatic heterocycles. The molecule has 3 rings (SSSR count). The Bertz CT molecular complexity index is 1390. The Hall–Kier alpha value is -4.97. The Morgan fingerprint density at radius 3 is 2.21 bits per heavy atom. The fraction of sp³-hybridized carbons (Fsp3) is 0.241. The first-order chi connectivity index (χ1) is 18.9. The lowest BCUT2D eigenvalue weighted by molar-refractivity contribution is -0.124. The van der Waals surface area contributed by atoms with Crippen molar-refractivity contribution in [1.82, 2.24) is 15.2 Å². The van der Waals surface area contributed by atoms with Gasteiger partial charge in [0.2, 0.25) is 10.8 Å². The van der Waals surface area contributed by atoms with Gasteiger partial charge >= 0.3 is 0 Å². The van der Waals surface area contributed by atoms with Crippen molar-refractivity contribution < 1.29 is 19.5 Å². The third-order valence-electron chi connectivity index (χ3n) is 5.80. The highest BCUT2D eigenvalue weighted by molar-refractivity contribution is 5.98. The van der Waals surface area contributed by atoms with Gasteiger partial charge in [-0.25, -0.2) is 0 Å². The smallest absolute Gasteiger partial charge is 0.251 e. The van der Waals surface area contributed by atoms with Gasteiger partial charge in [-0.3, -0.25) is 19.4 Å². The Morgan fingerprint density at radius 1 is 1.00 bits per heavy atom. The summed E-state index contributed by atoms with van der Waals surface area (Å²) in [5.74, 6) is 4.87. The molecule has 0 aliphatic carbocycles. The van der Waals surface area contributed by atoms with Gasteiger partial charge in [0.15, 0.2) is 11.8 Å². The largest absolute Gasteiger partial charge is 0.388 e. The lowest BCUT2D eigenvalue weighted by Gasteiger charge is -2.17. The van der Waals surface area contributed by atoms with Gasteiger partial charge in [0, 0.05) is 41.2 Å². The van der Waals surface area contributed by atoms with Gasteiger partial charge in [-0.15, -0.1) is 0 Å². The molecular formula is C29H29N6O4+. The van der Waals surface area contributed by atoms with E-state index < -0.39 is 30.4 Å². The van der Waals surface area contributed by atoms with Crippen LogP contribution < -0.4 is 15.5 Å². The fourth-order valence-electron chi connectivity index (χ4n) is 3.66. The van der Waals surface area contributed by atoms with Gasteiger partial charge in [-0.05, 0) is 86.0 Å². The first-order valence-electron chi connectivity index (χ1n) is 12.3. The summed E-state index contributed by atoms with van der Waals surface area (Å²) in [6.07, 6.45) is 5.48. The topological polar surface area (TPSA) is 159 Å². The number of pyridine rings is 1. The first kappa shape index (κ1) is 28.6. The summed E-state index contributed by atoms with van der Waals surface area (Å²) in [5.41, 5.74) is 10.4. The van der Waals surface area contributed by atoms with Crippen LogP contribution >= 0.6 is 0 Å². The first-order valence-corrected chi connectivity index (χ1v) is 12.3. The zero-order valence-electron chi connectivity index (χ0n) is 21.4. The van der Waals surface area contributed by atoms with Crippen molar-refractivity contribution in [2.24, 2.45) is 5.11 Å². The fourth-order valence-corrected chi connectivity index (χ4v) is 3.66. The summed E-state index contributed by atoms with van der Waals surface area (Å²) >= 11 is 0. The van der Waals surface area contributed by atoms with Crippen molar-refractivity contribution in [2.45, 2.75) is 38.3 Å². The molecule has 0 aliphatic heterocycles. The summed E-state index contributed by atoms with van der Waals surface area (Å²) < 4.78 is 0. The molecule has 0 bridgehead atoms. The van der Waals surface area contributed by atoms with Crippen molar-refractivity contribution in [3.63, 3.8) is 0 Å². The monoisotopic (exact) mass is 525 g/mol. The summed E-state index contributed by atoms with van der Waals surface area (Å²) in [7, 11) is 0. The molecule has 10 nitrogen and oxygen atoms in total. The number of amides is 2. The number of rotatable bonds is 11. The number of benzene rings is 2. The van der Waals surface area contributed by atoms with Gasteiger partial charge in [-0.2, -0.15) is 0 Å². The number of anilines is 1. The molecule has 2 atom stereocenters. The Kier molecular flexibility index (Phi) is 10.8. The molecule has 0 aliphatic rings. The molecule has 198 valence electrons. The number of hydrogen-bond acceptors (Lipinski definition) is 7. The average molecular weight is 526 g/mol. The minimum atomic E-state index is -1.10. The van der Waals surface area contributed by atoms with Crippen molar-refractivity contribution in [2.75, 3.05) is 11.9 Å². The van der Waals surface area contributed by atoms with E-state index in [2.05, 4.69) is 37.5 Å². The van der Waals surface area contributed by atoms with E-state index in [1.807, 2.05) is 24.3 Å². The number of carbonyl (C=O) groups is 3. The Morgan fingerprint density at radius 2 is 1.62 bits per heavy atom. The quantitative estimate of drug-likeness (QED) is 0.172. The third-order valence-corrected chi connectivity index (χ3v) is 5.80. The molecule has 2 amide bonds. The van der Waals surface area contributed by atoms with Gasteiger partial charge in [0.25, 0.3) is 5.91 Å². The lowest BCUT2D eigenvalue weighted by atomic mass is 10.0. The predicted octanol–water partition coefficient (Wildman–Crippen LogP) is 3.04. The van der Waals surface area contributed by atoms with E-state index in [1.54, 1.807) is 48.8 Å². The van der Waals surface area contributed by atoms with Crippen LogP contribution in [0.4, 0.5) is 5.69 Å². The minimum Gasteiger partial charge on any atom is -0.388 e. The predicted molar refractivity (Wildman–Crippen MR) is 145 cm³/mol. The summed E-state index contributed by atoms with van der Waals surface area (Å²) in [4.78, 5) is 43.6. The highest BCUT2D eigenvalue weighted by atomic mass is 16.3. The minimum absolute atomic E-state index is 0.0469. The lowest BCUT2D eigenvalue weighted by Crippen LogP contribution is -2.48. The van der Waals surface area contributed by atoms with Crippen molar-refractivity contribution in [1.29, 1.82) is 5.53 Å². The normalized spacial score (nSPS) is 11.6. The number of nitrogens with one attached hydrogen (secondary N) is 3. The molecule has 10 heteroatoms. The summed E-state index contributed by atoms with van der Waals surface area (Å²) in [5, 5.41) is 18.1. The zero-order chi connectivity index (χ0) is 28.0. The number of nitrogens with zero attached hydrogens (tertiary/aromatic N) is 3. The highest BCUT2D eigenvalue weighted by Gasteiger charge is 2.29. The van der Waals surface area contributed by atoms with Crippen LogP contribution in [0, 0.1) is 17.4 Å². The maximum absolute atomic E-state index is 12.6. The zero-order valence-corrected chi connectivity index (χ0v) is 21.4. The van der Waals surface area contributed by atoms with Crippen LogP contribution in [-0.4, -0.2) is 46.4 Å². The van der Waals surface area contributed by atoms with E-state index in [1.165, 1.54) is 6.92 Å². The number of Topliss-reactive ketones (excluding diaryl/α,β-unsaturated/α-hetero) is 1. The Balaban J connectivity index is 1.53. The van der Waals surface area contributed by atoms with Crippen LogP contribution in [0.15, 0.2) is 78.2 Å². The molecule has 0 spiro atoms. The molecule has 1 heterocycles.